The molecular weight excluding hydrogens is 801 g/mol. The van der Waals surface area contributed by atoms with Gasteiger partial charge in [-0.05, 0) is 67.0 Å². The maximum Gasteiger partial charge on any atom is 0.164 e. The van der Waals surface area contributed by atoms with Crippen molar-refractivity contribution in [1.29, 1.82) is 0 Å². The second-order valence-corrected chi connectivity index (χ2v) is 15.9. The Balaban J connectivity index is 0.000000260. The van der Waals surface area contributed by atoms with Gasteiger partial charge in [0.15, 0.2) is 5.78 Å². The number of nitrogens with zero attached hydrogens (tertiary/aromatic N) is 2. The molecule has 0 saturated carbocycles. The number of carbonyl (C=O) groups is 1. The molecule has 6 rings (SSSR count). The van der Waals surface area contributed by atoms with Gasteiger partial charge in [-0.1, -0.05) is 97.5 Å². The molecule has 1 N–H and O–H groups in total. The van der Waals surface area contributed by atoms with E-state index in [2.05, 4.69) is 69.3 Å². The van der Waals surface area contributed by atoms with Crippen molar-refractivity contribution in [2.45, 2.75) is 106 Å². The molecule has 1 aliphatic rings. The van der Waals surface area contributed by atoms with Crippen LogP contribution in [0.4, 0.5) is 0 Å². The molecule has 0 bridgehead atoms. The third-order valence-corrected chi connectivity index (χ3v) is 12.1. The average Bonchev–Trinajstić information content (AvgIpc) is 3.49. The Morgan fingerprint density at radius 3 is 2.14 bits per heavy atom. The Kier molecular flexibility index (Phi) is 12.1. The van der Waals surface area contributed by atoms with Crippen LogP contribution in [0, 0.1) is 16.9 Å². The fraction of sp³-hybridized carbons (Fsp3) is 0.419. The summed E-state index contributed by atoms with van der Waals surface area (Å²) in [5, 5.41) is 13.8. The number of hydrogen-bond donors (Lipinski definition) is 1. The first-order chi connectivity index (χ1) is 22.8. The van der Waals surface area contributed by atoms with Crippen LogP contribution in [0.1, 0.15) is 104 Å². The Hall–Kier alpha value is -3.18. The monoisotopic (exact) mass is 852 g/mol. The normalized spacial score (nSPS) is 13.3. The summed E-state index contributed by atoms with van der Waals surface area (Å²) < 4.78 is 1.25. The second kappa shape index (κ2) is 15.4. The van der Waals surface area contributed by atoms with Gasteiger partial charge in [-0.2, -0.15) is 0 Å². The van der Waals surface area contributed by atoms with Crippen LogP contribution in [-0.4, -0.2) is 20.9 Å². The molecule has 0 amide bonds. The topological polar surface area (TPSA) is 63.1 Å². The van der Waals surface area contributed by atoms with Crippen molar-refractivity contribution in [1.82, 2.24) is 9.97 Å². The summed E-state index contributed by atoms with van der Waals surface area (Å²) in [5.41, 5.74) is 6.68. The van der Waals surface area contributed by atoms with E-state index in [0.717, 1.165) is 60.9 Å². The summed E-state index contributed by atoms with van der Waals surface area (Å²) in [6, 6.07) is 21.0. The van der Waals surface area contributed by atoms with Crippen LogP contribution in [-0.2, 0) is 43.2 Å². The van der Waals surface area contributed by atoms with E-state index in [0.29, 0.717) is 0 Å². The van der Waals surface area contributed by atoms with E-state index >= 15 is 0 Å². The quantitative estimate of drug-likeness (QED) is 0.0960. The van der Waals surface area contributed by atoms with Crippen LogP contribution >= 0.6 is 11.3 Å². The summed E-state index contributed by atoms with van der Waals surface area (Å²) >= 11 is 1.88. The zero-order valence-corrected chi connectivity index (χ0v) is 33.8. The number of hydrogen-bond acceptors (Lipinski definition) is 5. The van der Waals surface area contributed by atoms with E-state index in [1.165, 1.54) is 43.1 Å². The Bertz CT molecular complexity index is 1980. The number of carbonyl (C=O) groups excluding carboxylic acids is 1. The summed E-state index contributed by atoms with van der Waals surface area (Å²) in [5.74, 6) is 0.286. The number of aromatic nitrogens is 2. The van der Waals surface area contributed by atoms with Gasteiger partial charge in [0.2, 0.25) is 0 Å². The van der Waals surface area contributed by atoms with Crippen molar-refractivity contribution in [3.05, 3.63) is 94.8 Å². The van der Waals surface area contributed by atoms with Gasteiger partial charge in [-0.15, -0.1) is 40.5 Å². The molecule has 261 valence electrons. The second-order valence-electron chi connectivity index (χ2n) is 14.8. The SMILES string of the molecule is CC(C)(C)c1cc(-c2nccc3c4c(sc23)CCc2cccnc2-4)[c-]c2ccccc12.CCC(C)(CC)C(=O)/C=C(\O)C(C)(CC)CC.[Ir]. The van der Waals surface area contributed by atoms with Gasteiger partial charge >= 0.3 is 0 Å². The Morgan fingerprint density at radius 1 is 0.837 bits per heavy atom. The maximum absolute atomic E-state index is 12.2. The first kappa shape index (κ1) is 38.6. The predicted molar refractivity (Wildman–Crippen MR) is 204 cm³/mol. The largest absolute Gasteiger partial charge is 0.512 e. The van der Waals surface area contributed by atoms with Crippen LogP contribution in [0.15, 0.2) is 72.8 Å². The van der Waals surface area contributed by atoms with Crippen LogP contribution < -0.4 is 0 Å². The molecule has 0 aliphatic heterocycles. The van der Waals surface area contributed by atoms with Gasteiger partial charge in [-0.3, -0.25) is 14.8 Å². The van der Waals surface area contributed by atoms with Gasteiger partial charge < -0.3 is 5.11 Å². The molecule has 1 aliphatic carbocycles. The first-order valence-corrected chi connectivity index (χ1v) is 18.4. The third kappa shape index (κ3) is 7.62. The zero-order valence-electron chi connectivity index (χ0n) is 30.6. The molecule has 0 fully saturated rings. The van der Waals surface area contributed by atoms with Crippen LogP contribution in [0.5, 0.6) is 0 Å². The first-order valence-electron chi connectivity index (χ1n) is 17.6. The molecule has 2 aromatic carbocycles. The van der Waals surface area contributed by atoms with Crippen molar-refractivity contribution >= 4 is 38.0 Å². The number of benzene rings is 2. The standard InChI is InChI=1S/C28H23N2S.C15H28O2.Ir/c1-28(2,3)22-16-19(15-18-7-4-5-9-20(18)22)26-27-21(12-14-30-26)24-23(31-27)11-10-17-8-6-13-29-25(17)24;1-7-14(5,8-2)12(16)11-13(17)15(6,9-3)10-4;/h4-9,12-14,16H,10-11H2,1-3H3;11,16H,7-10H2,1-6H3;/q-1;;/b;12-11-;. The van der Waals surface area contributed by atoms with Crippen LogP contribution in [0.3, 0.4) is 0 Å². The molecule has 4 nitrogen and oxygen atoms in total. The fourth-order valence-corrected chi connectivity index (χ4v) is 7.77. The van der Waals surface area contributed by atoms with Gasteiger partial charge in [0.25, 0.3) is 0 Å². The molecule has 49 heavy (non-hydrogen) atoms. The molecular formula is C43H51IrN2O2S-. The molecule has 3 aromatic heterocycles. The number of fused-ring (bicyclic) bond motifs is 6. The number of allylic oxidation sites excluding steroid dienone is 2. The number of aliphatic hydroxyl groups excluding tert-OH is 1. The Morgan fingerprint density at radius 2 is 1.49 bits per heavy atom. The van der Waals surface area contributed by atoms with Crippen molar-refractivity contribution in [3.8, 4) is 22.5 Å². The number of thiophene rings is 1. The van der Waals surface area contributed by atoms with Gasteiger partial charge in [-0.25, -0.2) is 0 Å². The van der Waals surface area contributed by atoms with Crippen LogP contribution in [0.2, 0.25) is 0 Å². The maximum atomic E-state index is 12.2. The van der Waals surface area contributed by atoms with Crippen molar-refractivity contribution < 1.29 is 30.0 Å². The van der Waals surface area contributed by atoms with E-state index in [4.69, 9.17) is 9.97 Å². The molecule has 3 heterocycles. The van der Waals surface area contributed by atoms with E-state index in [9.17, 15) is 9.90 Å². The fourth-order valence-electron chi connectivity index (χ4n) is 6.48. The molecule has 0 atom stereocenters. The van der Waals surface area contributed by atoms with Gasteiger partial charge in [0.05, 0.1) is 5.69 Å². The third-order valence-electron chi connectivity index (χ3n) is 10.9. The van der Waals surface area contributed by atoms with Crippen LogP contribution in [0.25, 0.3) is 43.4 Å². The summed E-state index contributed by atoms with van der Waals surface area (Å²) in [6.45, 7) is 18.9. The minimum atomic E-state index is -0.337. The summed E-state index contributed by atoms with van der Waals surface area (Å²) in [4.78, 5) is 23.2. The Labute approximate surface area is 310 Å². The van der Waals surface area contributed by atoms with E-state index < -0.39 is 0 Å². The molecule has 0 unspecified atom stereocenters. The predicted octanol–water partition coefficient (Wildman–Crippen LogP) is 12.0. The number of rotatable bonds is 8. The van der Waals surface area contributed by atoms with Crippen molar-refractivity contribution in [3.63, 3.8) is 0 Å². The molecule has 0 saturated heterocycles. The van der Waals surface area contributed by atoms with Gasteiger partial charge in [0, 0.05) is 70.2 Å². The van der Waals surface area contributed by atoms with Crippen molar-refractivity contribution in [2.24, 2.45) is 10.8 Å². The van der Waals surface area contributed by atoms with Crippen molar-refractivity contribution in [2.75, 3.05) is 0 Å². The smallest absolute Gasteiger partial charge is 0.164 e. The summed E-state index contributed by atoms with van der Waals surface area (Å²) in [6.07, 6.45) is 10.7. The average molecular weight is 852 g/mol. The number of aliphatic hydroxyl groups is 1. The summed E-state index contributed by atoms with van der Waals surface area (Å²) in [7, 11) is 0. The van der Waals surface area contributed by atoms with E-state index in [1.807, 2.05) is 71.3 Å². The zero-order chi connectivity index (χ0) is 34.9. The molecule has 1 radical (unpaired) electrons. The van der Waals surface area contributed by atoms with E-state index in [-0.39, 0.29) is 47.9 Å². The number of aryl methyl sites for hydroxylation is 2. The molecule has 5 aromatic rings. The van der Waals surface area contributed by atoms with Gasteiger partial charge in [0.1, 0.15) is 5.76 Å². The van der Waals surface area contributed by atoms with E-state index in [1.54, 1.807) is 0 Å². The number of ketones is 1. The number of pyridine rings is 2. The minimum Gasteiger partial charge on any atom is -0.512 e. The molecule has 6 heteroatoms. The molecule has 0 spiro atoms. The minimum absolute atomic E-state index is 0.